The van der Waals surface area contributed by atoms with Gasteiger partial charge in [0.05, 0.1) is 16.3 Å². The van der Waals surface area contributed by atoms with Gasteiger partial charge in [-0.25, -0.2) is 13.1 Å². The van der Waals surface area contributed by atoms with Crippen LogP contribution in [0.2, 0.25) is 0 Å². The van der Waals surface area contributed by atoms with Gasteiger partial charge in [0.1, 0.15) is 0 Å². The molecule has 6 heteroatoms. The Balaban J connectivity index is 2.03. The van der Waals surface area contributed by atoms with Crippen molar-refractivity contribution in [1.82, 2.24) is 4.72 Å². The second kappa shape index (κ2) is 6.92. The summed E-state index contributed by atoms with van der Waals surface area (Å²) >= 11 is 5.19. The fraction of sp³-hybridized carbons (Fsp3) is 0.933. The van der Waals surface area contributed by atoms with E-state index in [1.807, 2.05) is 0 Å². The molecule has 2 aliphatic carbocycles. The number of hydrogen-bond donors (Lipinski definition) is 2. The Morgan fingerprint density at radius 3 is 2.29 bits per heavy atom. The van der Waals surface area contributed by atoms with Crippen LogP contribution in [0.1, 0.15) is 64.7 Å². The first-order valence-electron chi connectivity index (χ1n) is 8.14. The third-order valence-corrected chi connectivity index (χ3v) is 7.13. The van der Waals surface area contributed by atoms with E-state index in [0.717, 1.165) is 51.4 Å². The molecule has 0 saturated heterocycles. The first kappa shape index (κ1) is 17.2. The highest BCUT2D eigenvalue weighted by atomic mass is 32.2. The zero-order chi connectivity index (χ0) is 15.5. The molecule has 0 atom stereocenters. The molecule has 122 valence electrons. The number of sulfonamides is 1. The molecular weight excluding hydrogens is 304 g/mol. The second-order valence-electron chi connectivity index (χ2n) is 7.02. The van der Waals surface area contributed by atoms with E-state index in [4.69, 9.17) is 18.0 Å². The van der Waals surface area contributed by atoms with Crippen molar-refractivity contribution in [2.24, 2.45) is 17.6 Å². The molecule has 0 aromatic carbocycles. The molecule has 0 heterocycles. The molecule has 2 fully saturated rings. The van der Waals surface area contributed by atoms with Gasteiger partial charge in [-0.2, -0.15) is 0 Å². The standard InChI is InChI=1S/C15H28N2O2S2/c1-12-7-9-15(10-8-12,14(16)20)17-21(18,19)11-13-5-3-2-4-6-13/h12-13,17H,2-11H2,1H3,(H2,16,20). The minimum atomic E-state index is -3.32. The van der Waals surface area contributed by atoms with Gasteiger partial charge in [0.15, 0.2) is 0 Å². The summed E-state index contributed by atoms with van der Waals surface area (Å²) in [7, 11) is -3.32. The van der Waals surface area contributed by atoms with Crippen LogP contribution in [0.3, 0.4) is 0 Å². The van der Waals surface area contributed by atoms with Gasteiger partial charge in [0.2, 0.25) is 10.0 Å². The maximum Gasteiger partial charge on any atom is 0.212 e. The molecule has 4 nitrogen and oxygen atoms in total. The molecule has 0 unspecified atom stereocenters. The van der Waals surface area contributed by atoms with Crippen molar-refractivity contribution in [2.75, 3.05) is 5.75 Å². The summed E-state index contributed by atoms with van der Waals surface area (Å²) in [6.45, 7) is 2.19. The van der Waals surface area contributed by atoms with Crippen LogP contribution in [0.25, 0.3) is 0 Å². The van der Waals surface area contributed by atoms with E-state index < -0.39 is 15.6 Å². The summed E-state index contributed by atoms with van der Waals surface area (Å²) in [6, 6.07) is 0. The summed E-state index contributed by atoms with van der Waals surface area (Å²) < 4.78 is 27.9. The van der Waals surface area contributed by atoms with Gasteiger partial charge in [-0.15, -0.1) is 0 Å². The lowest BCUT2D eigenvalue weighted by atomic mass is 9.78. The third kappa shape index (κ3) is 4.63. The zero-order valence-corrected chi connectivity index (χ0v) is 14.6. The summed E-state index contributed by atoms with van der Waals surface area (Å²) in [5.41, 5.74) is 5.21. The second-order valence-corrected chi connectivity index (χ2v) is 9.22. The Labute approximate surface area is 134 Å². The van der Waals surface area contributed by atoms with Crippen LogP contribution in [-0.4, -0.2) is 24.7 Å². The van der Waals surface area contributed by atoms with E-state index in [1.165, 1.54) is 6.42 Å². The van der Waals surface area contributed by atoms with Crippen molar-refractivity contribution < 1.29 is 8.42 Å². The van der Waals surface area contributed by atoms with Crippen LogP contribution in [0, 0.1) is 11.8 Å². The van der Waals surface area contributed by atoms with E-state index in [2.05, 4.69) is 11.6 Å². The quantitative estimate of drug-likeness (QED) is 0.759. The predicted octanol–water partition coefficient (Wildman–Crippen LogP) is 2.72. The fourth-order valence-electron chi connectivity index (χ4n) is 3.66. The summed E-state index contributed by atoms with van der Waals surface area (Å²) in [5.74, 6) is 1.14. The van der Waals surface area contributed by atoms with E-state index in [9.17, 15) is 8.42 Å². The van der Waals surface area contributed by atoms with Crippen molar-refractivity contribution >= 4 is 27.2 Å². The third-order valence-electron chi connectivity index (χ3n) is 5.13. The Morgan fingerprint density at radius 2 is 1.76 bits per heavy atom. The van der Waals surface area contributed by atoms with Crippen LogP contribution >= 0.6 is 12.2 Å². The van der Waals surface area contributed by atoms with Crippen LogP contribution in [0.5, 0.6) is 0 Å². The highest BCUT2D eigenvalue weighted by molar-refractivity contribution is 7.89. The van der Waals surface area contributed by atoms with Crippen LogP contribution < -0.4 is 10.5 Å². The summed E-state index contributed by atoms with van der Waals surface area (Å²) in [4.78, 5) is 0.307. The van der Waals surface area contributed by atoms with Crippen LogP contribution in [0.15, 0.2) is 0 Å². The Hall–Kier alpha value is -0.200. The minimum absolute atomic E-state index is 0.229. The van der Waals surface area contributed by atoms with E-state index in [0.29, 0.717) is 16.8 Å². The molecule has 0 radical (unpaired) electrons. The van der Waals surface area contributed by atoms with Crippen LogP contribution in [-0.2, 0) is 10.0 Å². The van der Waals surface area contributed by atoms with Gasteiger partial charge >= 0.3 is 0 Å². The predicted molar refractivity (Wildman–Crippen MR) is 90.6 cm³/mol. The maximum absolute atomic E-state index is 12.5. The minimum Gasteiger partial charge on any atom is -0.392 e. The van der Waals surface area contributed by atoms with Gasteiger partial charge in [0, 0.05) is 0 Å². The van der Waals surface area contributed by atoms with Crippen molar-refractivity contribution in [3.63, 3.8) is 0 Å². The Bertz CT molecular complexity index is 462. The highest BCUT2D eigenvalue weighted by Gasteiger charge is 2.40. The molecule has 0 aromatic rings. The van der Waals surface area contributed by atoms with E-state index in [1.54, 1.807) is 0 Å². The fourth-order valence-corrected chi connectivity index (χ4v) is 5.92. The average molecular weight is 333 g/mol. The molecule has 0 bridgehead atoms. The normalized spacial score (nSPS) is 32.0. The van der Waals surface area contributed by atoms with Gasteiger partial charge in [-0.05, 0) is 50.4 Å². The number of thiocarbonyl (C=S) groups is 1. The number of rotatable bonds is 5. The van der Waals surface area contributed by atoms with Crippen molar-refractivity contribution in [1.29, 1.82) is 0 Å². The molecule has 0 aromatic heterocycles. The maximum atomic E-state index is 12.5. The largest absolute Gasteiger partial charge is 0.392 e. The molecule has 2 rings (SSSR count). The summed E-state index contributed by atoms with van der Waals surface area (Å²) in [6.07, 6.45) is 9.00. The first-order valence-corrected chi connectivity index (χ1v) is 10.2. The number of nitrogens with one attached hydrogen (secondary N) is 1. The van der Waals surface area contributed by atoms with Crippen molar-refractivity contribution in [2.45, 2.75) is 70.3 Å². The molecule has 2 saturated carbocycles. The molecule has 21 heavy (non-hydrogen) atoms. The van der Waals surface area contributed by atoms with Crippen LogP contribution in [0.4, 0.5) is 0 Å². The van der Waals surface area contributed by atoms with E-state index >= 15 is 0 Å². The van der Waals surface area contributed by atoms with Crippen molar-refractivity contribution in [3.05, 3.63) is 0 Å². The highest BCUT2D eigenvalue weighted by Crippen LogP contribution is 2.33. The van der Waals surface area contributed by atoms with Gasteiger partial charge in [0.25, 0.3) is 0 Å². The van der Waals surface area contributed by atoms with Gasteiger partial charge < -0.3 is 5.73 Å². The molecule has 3 N–H and O–H groups in total. The molecular formula is C15H28N2O2S2. The average Bonchev–Trinajstić information content (AvgIpc) is 2.41. The topological polar surface area (TPSA) is 72.2 Å². The summed E-state index contributed by atoms with van der Waals surface area (Å²) in [5, 5.41) is 0. The lowest BCUT2D eigenvalue weighted by Crippen LogP contribution is -2.58. The lowest BCUT2D eigenvalue weighted by Gasteiger charge is -2.39. The number of nitrogens with two attached hydrogens (primary N) is 1. The molecule has 0 amide bonds. The van der Waals surface area contributed by atoms with E-state index in [-0.39, 0.29) is 5.75 Å². The Morgan fingerprint density at radius 1 is 1.19 bits per heavy atom. The van der Waals surface area contributed by atoms with Crippen molar-refractivity contribution in [3.8, 4) is 0 Å². The molecule has 2 aliphatic rings. The first-order chi connectivity index (χ1) is 9.83. The Kier molecular flexibility index (Phi) is 5.65. The zero-order valence-electron chi connectivity index (χ0n) is 12.9. The SMILES string of the molecule is CC1CCC(NS(=O)(=O)CC2CCCCC2)(C(N)=S)CC1. The monoisotopic (exact) mass is 332 g/mol. The van der Waals surface area contributed by atoms with Gasteiger partial charge in [-0.1, -0.05) is 38.4 Å². The molecule has 0 spiro atoms. The lowest BCUT2D eigenvalue weighted by molar-refractivity contribution is 0.288. The molecule has 0 aliphatic heterocycles. The van der Waals surface area contributed by atoms with Gasteiger partial charge in [-0.3, -0.25) is 0 Å². The number of hydrogen-bond acceptors (Lipinski definition) is 3. The smallest absolute Gasteiger partial charge is 0.212 e.